The lowest BCUT2D eigenvalue weighted by atomic mass is 10.3. The lowest BCUT2D eigenvalue weighted by Gasteiger charge is -2.33. The summed E-state index contributed by atoms with van der Waals surface area (Å²) >= 11 is 7.88. The molecule has 0 bridgehead atoms. The number of benzene rings is 1. The van der Waals surface area contributed by atoms with Gasteiger partial charge in [-0.05, 0) is 43.0 Å². The fourth-order valence-corrected chi connectivity index (χ4v) is 5.45. The van der Waals surface area contributed by atoms with Crippen LogP contribution < -0.4 is 5.73 Å². The third-order valence-corrected chi connectivity index (χ3v) is 7.84. The van der Waals surface area contributed by atoms with Gasteiger partial charge in [-0.3, -0.25) is 4.79 Å². The summed E-state index contributed by atoms with van der Waals surface area (Å²) in [4.78, 5) is 14.4. The van der Waals surface area contributed by atoms with E-state index >= 15 is 0 Å². The number of hydrogen-bond donors (Lipinski definition) is 1. The molecule has 28 heavy (non-hydrogen) atoms. The molecule has 152 valence electrons. The smallest absolute Gasteiger partial charge is 0.284 e. The Bertz CT molecular complexity index is 924. The van der Waals surface area contributed by atoms with Gasteiger partial charge in [0, 0.05) is 31.1 Å². The number of furan rings is 1. The maximum Gasteiger partial charge on any atom is 0.284 e. The molecule has 1 aromatic carbocycles. The third kappa shape index (κ3) is 5.09. The molecule has 1 fully saturated rings. The van der Waals surface area contributed by atoms with E-state index in [-0.39, 0.29) is 10.9 Å². The topological polar surface area (TPSA) is 96.8 Å². The molecule has 0 radical (unpaired) electrons. The standard InChI is InChI=1S/C18H22ClN3O4S2/c19-14-4-1-2-5-16(14)27-13-3-8-21-9-11-22(12-10-21)28(24,25)17-7-6-15(26-17)18(20)23/h1-2,4-7H,3,8-13H2,(H2,20,23). The molecular weight excluding hydrogens is 422 g/mol. The minimum Gasteiger partial charge on any atom is -0.438 e. The Kier molecular flexibility index (Phi) is 7.05. The zero-order valence-corrected chi connectivity index (χ0v) is 17.6. The average Bonchev–Trinajstić information content (AvgIpc) is 3.18. The van der Waals surface area contributed by atoms with Crippen molar-refractivity contribution in [3.63, 3.8) is 0 Å². The first-order chi connectivity index (χ1) is 13.4. The first-order valence-corrected chi connectivity index (χ1v) is 11.7. The van der Waals surface area contributed by atoms with Gasteiger partial charge in [-0.2, -0.15) is 4.31 Å². The van der Waals surface area contributed by atoms with E-state index in [0.29, 0.717) is 26.2 Å². The third-order valence-electron chi connectivity index (χ3n) is 4.46. The van der Waals surface area contributed by atoms with Crippen LogP contribution in [-0.4, -0.2) is 62.0 Å². The number of thioether (sulfide) groups is 1. The van der Waals surface area contributed by atoms with Gasteiger partial charge in [-0.1, -0.05) is 23.7 Å². The van der Waals surface area contributed by atoms with E-state index in [9.17, 15) is 13.2 Å². The molecule has 10 heteroatoms. The number of amides is 1. The van der Waals surface area contributed by atoms with Crippen LogP contribution in [0.4, 0.5) is 0 Å². The second kappa shape index (κ2) is 9.32. The Labute approximate surface area is 173 Å². The quantitative estimate of drug-likeness (QED) is 0.497. The van der Waals surface area contributed by atoms with Crippen LogP contribution in [0.5, 0.6) is 0 Å². The normalized spacial score (nSPS) is 16.3. The molecular formula is C18H22ClN3O4S2. The van der Waals surface area contributed by atoms with E-state index in [0.717, 1.165) is 28.6 Å². The Balaban J connectivity index is 1.45. The van der Waals surface area contributed by atoms with Crippen molar-refractivity contribution >= 4 is 39.3 Å². The van der Waals surface area contributed by atoms with Crippen LogP contribution in [0.25, 0.3) is 0 Å². The number of carbonyl (C=O) groups is 1. The van der Waals surface area contributed by atoms with Crippen LogP contribution in [0.3, 0.4) is 0 Å². The second-order valence-electron chi connectivity index (χ2n) is 6.36. The molecule has 1 amide bonds. The first-order valence-electron chi connectivity index (χ1n) is 8.87. The van der Waals surface area contributed by atoms with Crippen LogP contribution >= 0.6 is 23.4 Å². The van der Waals surface area contributed by atoms with Crippen molar-refractivity contribution in [2.24, 2.45) is 5.73 Å². The van der Waals surface area contributed by atoms with Gasteiger partial charge in [-0.25, -0.2) is 8.42 Å². The highest BCUT2D eigenvalue weighted by Crippen LogP contribution is 2.27. The molecule has 0 spiro atoms. The van der Waals surface area contributed by atoms with E-state index in [4.69, 9.17) is 21.8 Å². The summed E-state index contributed by atoms with van der Waals surface area (Å²) in [5.41, 5.74) is 5.11. The number of halogens is 1. The predicted molar refractivity (Wildman–Crippen MR) is 109 cm³/mol. The molecule has 0 aliphatic carbocycles. The first kappa shape index (κ1) is 21.2. The summed E-state index contributed by atoms with van der Waals surface area (Å²) in [5.74, 6) is -0.000908. The zero-order chi connectivity index (χ0) is 20.1. The summed E-state index contributed by atoms with van der Waals surface area (Å²) in [6, 6.07) is 10.3. The SMILES string of the molecule is NC(=O)c1ccc(S(=O)(=O)N2CCN(CCCSc3ccccc3Cl)CC2)o1. The zero-order valence-electron chi connectivity index (χ0n) is 15.2. The highest BCUT2D eigenvalue weighted by atomic mass is 35.5. The number of carbonyl (C=O) groups excluding carboxylic acids is 1. The number of sulfonamides is 1. The molecule has 3 rings (SSSR count). The molecule has 0 saturated carbocycles. The fourth-order valence-electron chi connectivity index (χ4n) is 2.94. The van der Waals surface area contributed by atoms with Gasteiger partial charge in [0.05, 0.1) is 5.02 Å². The van der Waals surface area contributed by atoms with Crippen molar-refractivity contribution in [3.8, 4) is 0 Å². The van der Waals surface area contributed by atoms with Crippen molar-refractivity contribution in [1.82, 2.24) is 9.21 Å². The average molecular weight is 444 g/mol. The molecule has 1 aliphatic heterocycles. The lowest BCUT2D eigenvalue weighted by Crippen LogP contribution is -2.48. The monoisotopic (exact) mass is 443 g/mol. The predicted octanol–water partition coefficient (Wildman–Crippen LogP) is 2.52. The van der Waals surface area contributed by atoms with Crippen LogP contribution in [0.15, 0.2) is 50.8 Å². The molecule has 7 nitrogen and oxygen atoms in total. The molecule has 0 unspecified atom stereocenters. The minimum atomic E-state index is -3.75. The Morgan fingerprint density at radius 2 is 1.86 bits per heavy atom. The second-order valence-corrected chi connectivity index (χ2v) is 9.77. The molecule has 2 aromatic rings. The van der Waals surface area contributed by atoms with Gasteiger partial charge in [0.25, 0.3) is 15.9 Å². The Morgan fingerprint density at radius 1 is 1.14 bits per heavy atom. The van der Waals surface area contributed by atoms with Crippen molar-refractivity contribution < 1.29 is 17.6 Å². The summed E-state index contributed by atoms with van der Waals surface area (Å²) in [5, 5.41) is 0.523. The fraction of sp³-hybridized carbons (Fsp3) is 0.389. The van der Waals surface area contributed by atoms with E-state index in [1.165, 1.54) is 16.4 Å². The van der Waals surface area contributed by atoms with Crippen LogP contribution in [-0.2, 0) is 10.0 Å². The summed E-state index contributed by atoms with van der Waals surface area (Å²) in [6.45, 7) is 2.97. The van der Waals surface area contributed by atoms with Crippen LogP contribution in [0.2, 0.25) is 5.02 Å². The maximum absolute atomic E-state index is 12.6. The van der Waals surface area contributed by atoms with Crippen molar-refractivity contribution in [1.29, 1.82) is 0 Å². The lowest BCUT2D eigenvalue weighted by molar-refractivity contribution is 0.0968. The van der Waals surface area contributed by atoms with Crippen LogP contribution in [0.1, 0.15) is 17.0 Å². The number of hydrogen-bond acceptors (Lipinski definition) is 6. The maximum atomic E-state index is 12.6. The van der Waals surface area contributed by atoms with Crippen molar-refractivity contribution in [2.75, 3.05) is 38.5 Å². The van der Waals surface area contributed by atoms with Gasteiger partial charge in [0.2, 0.25) is 5.09 Å². The van der Waals surface area contributed by atoms with Gasteiger partial charge >= 0.3 is 0 Å². The van der Waals surface area contributed by atoms with Gasteiger partial charge < -0.3 is 15.1 Å². The van der Waals surface area contributed by atoms with Crippen molar-refractivity contribution in [3.05, 3.63) is 47.2 Å². The Hall–Kier alpha value is -1.52. The Morgan fingerprint density at radius 3 is 2.50 bits per heavy atom. The summed E-state index contributed by atoms with van der Waals surface area (Å²) in [7, 11) is -3.75. The number of nitrogens with zero attached hydrogens (tertiary/aromatic N) is 2. The number of rotatable bonds is 8. The molecule has 1 saturated heterocycles. The summed E-state index contributed by atoms with van der Waals surface area (Å²) in [6.07, 6.45) is 0.989. The van der Waals surface area contributed by atoms with E-state index < -0.39 is 15.9 Å². The molecule has 1 aliphatic rings. The molecule has 1 aromatic heterocycles. The van der Waals surface area contributed by atoms with Gasteiger partial charge in [0.1, 0.15) is 0 Å². The summed E-state index contributed by atoms with van der Waals surface area (Å²) < 4.78 is 31.7. The van der Waals surface area contributed by atoms with Gasteiger partial charge in [0.15, 0.2) is 5.76 Å². The number of nitrogens with two attached hydrogens (primary N) is 1. The minimum absolute atomic E-state index is 0.159. The highest BCUT2D eigenvalue weighted by Gasteiger charge is 2.31. The molecule has 2 heterocycles. The molecule has 0 atom stereocenters. The van der Waals surface area contributed by atoms with Gasteiger partial charge in [-0.15, -0.1) is 11.8 Å². The molecule has 2 N–H and O–H groups in total. The number of piperazine rings is 1. The van der Waals surface area contributed by atoms with E-state index in [1.807, 2.05) is 24.3 Å². The largest absolute Gasteiger partial charge is 0.438 e. The number of primary amides is 1. The van der Waals surface area contributed by atoms with E-state index in [2.05, 4.69) is 4.90 Å². The van der Waals surface area contributed by atoms with Crippen LogP contribution in [0, 0.1) is 0 Å². The van der Waals surface area contributed by atoms with Crippen molar-refractivity contribution in [2.45, 2.75) is 16.4 Å². The highest BCUT2D eigenvalue weighted by molar-refractivity contribution is 7.99. The van der Waals surface area contributed by atoms with E-state index in [1.54, 1.807) is 11.8 Å².